The first-order valence-corrected chi connectivity index (χ1v) is 8.88. The summed E-state index contributed by atoms with van der Waals surface area (Å²) in [6, 6.07) is 0. The molecule has 0 N–H and O–H groups in total. The van der Waals surface area contributed by atoms with Gasteiger partial charge in [-0.05, 0) is 38.5 Å². The van der Waals surface area contributed by atoms with Gasteiger partial charge >= 0.3 is 0 Å². The van der Waals surface area contributed by atoms with E-state index in [1.54, 1.807) is 0 Å². The lowest BCUT2D eigenvalue weighted by Crippen LogP contribution is -2.44. The van der Waals surface area contributed by atoms with Gasteiger partial charge in [-0.15, -0.1) is 0 Å². The van der Waals surface area contributed by atoms with Gasteiger partial charge in [-0.3, -0.25) is 4.79 Å². The molecule has 0 bridgehead atoms. The summed E-state index contributed by atoms with van der Waals surface area (Å²) in [6.45, 7) is 5.19. The Balaban J connectivity index is 1.94. The highest BCUT2D eigenvalue weighted by atomic mass is 16.5. The molecule has 2 aliphatic rings. The van der Waals surface area contributed by atoms with Gasteiger partial charge in [0.1, 0.15) is 5.78 Å². The third-order valence-electron chi connectivity index (χ3n) is 5.46. The smallest absolute Gasteiger partial charge is 0.139 e. The Hall–Kier alpha value is -0.370. The monoisotopic (exact) mass is 280 g/mol. The Morgan fingerprint density at radius 3 is 2.65 bits per heavy atom. The van der Waals surface area contributed by atoms with E-state index in [1.807, 2.05) is 0 Å². The van der Waals surface area contributed by atoms with Crippen LogP contribution < -0.4 is 0 Å². The van der Waals surface area contributed by atoms with Gasteiger partial charge in [0.15, 0.2) is 0 Å². The quantitative estimate of drug-likeness (QED) is 0.691. The van der Waals surface area contributed by atoms with E-state index < -0.39 is 0 Å². The summed E-state index contributed by atoms with van der Waals surface area (Å²) < 4.78 is 6.13. The number of carbonyl (C=O) groups excluding carboxylic acids is 1. The molecule has 0 aromatic carbocycles. The third-order valence-corrected chi connectivity index (χ3v) is 5.46. The molecule has 0 amide bonds. The van der Waals surface area contributed by atoms with E-state index in [4.69, 9.17) is 4.74 Å². The second-order valence-electron chi connectivity index (χ2n) is 6.93. The van der Waals surface area contributed by atoms with Crippen LogP contribution >= 0.6 is 0 Å². The summed E-state index contributed by atoms with van der Waals surface area (Å²) in [5.41, 5.74) is 0.0693. The molecule has 2 nitrogen and oxygen atoms in total. The van der Waals surface area contributed by atoms with E-state index in [2.05, 4.69) is 13.8 Å². The lowest BCUT2D eigenvalue weighted by Gasteiger charge is -2.43. The van der Waals surface area contributed by atoms with E-state index >= 15 is 0 Å². The summed E-state index contributed by atoms with van der Waals surface area (Å²) in [5, 5.41) is 0. The summed E-state index contributed by atoms with van der Waals surface area (Å²) in [7, 11) is 0. The first-order valence-electron chi connectivity index (χ1n) is 8.88. The fourth-order valence-electron chi connectivity index (χ4n) is 4.15. The van der Waals surface area contributed by atoms with Crippen molar-refractivity contribution in [2.24, 2.45) is 11.8 Å². The van der Waals surface area contributed by atoms with Gasteiger partial charge in [-0.25, -0.2) is 0 Å². The Morgan fingerprint density at radius 1 is 1.25 bits per heavy atom. The van der Waals surface area contributed by atoms with Crippen LogP contribution in [0.15, 0.2) is 0 Å². The van der Waals surface area contributed by atoms with Gasteiger partial charge in [-0.1, -0.05) is 46.0 Å². The van der Waals surface area contributed by atoms with Crippen molar-refractivity contribution in [1.29, 1.82) is 0 Å². The predicted octanol–water partition coefficient (Wildman–Crippen LogP) is 4.90. The SMILES string of the molecule is CCCCC(CC)C(=O)C1CCOC2(CCCCC2)C1. The lowest BCUT2D eigenvalue weighted by molar-refractivity contribution is -0.146. The number of hydrogen-bond donors (Lipinski definition) is 0. The lowest BCUT2D eigenvalue weighted by atomic mass is 9.72. The molecule has 1 spiro atoms. The number of ketones is 1. The van der Waals surface area contributed by atoms with Gasteiger partial charge in [0, 0.05) is 18.4 Å². The second kappa shape index (κ2) is 7.59. The van der Waals surface area contributed by atoms with Crippen molar-refractivity contribution >= 4 is 5.78 Å². The van der Waals surface area contributed by atoms with Crippen LogP contribution in [0.4, 0.5) is 0 Å². The molecule has 20 heavy (non-hydrogen) atoms. The van der Waals surface area contributed by atoms with Gasteiger partial charge in [0.25, 0.3) is 0 Å². The second-order valence-corrected chi connectivity index (χ2v) is 6.93. The van der Waals surface area contributed by atoms with Crippen LogP contribution in [0.2, 0.25) is 0 Å². The molecule has 0 aromatic heterocycles. The molecule has 1 saturated carbocycles. The number of ether oxygens (including phenoxy) is 1. The Kier molecular flexibility index (Phi) is 6.07. The number of unbranched alkanes of at least 4 members (excludes halogenated alkanes) is 1. The van der Waals surface area contributed by atoms with Crippen LogP contribution in [0, 0.1) is 11.8 Å². The molecular weight excluding hydrogens is 248 g/mol. The van der Waals surface area contributed by atoms with Crippen molar-refractivity contribution in [3.8, 4) is 0 Å². The Morgan fingerprint density at radius 2 is 2.00 bits per heavy atom. The summed E-state index contributed by atoms with van der Waals surface area (Å²) in [5.74, 6) is 1.14. The molecule has 2 fully saturated rings. The van der Waals surface area contributed by atoms with Crippen LogP contribution in [0.1, 0.15) is 84.5 Å². The van der Waals surface area contributed by atoms with Gasteiger partial charge in [-0.2, -0.15) is 0 Å². The largest absolute Gasteiger partial charge is 0.375 e. The fraction of sp³-hybridized carbons (Fsp3) is 0.944. The van der Waals surface area contributed by atoms with Crippen LogP contribution in [0.5, 0.6) is 0 Å². The van der Waals surface area contributed by atoms with Gasteiger partial charge < -0.3 is 4.74 Å². The average molecular weight is 280 g/mol. The van der Waals surface area contributed by atoms with E-state index in [-0.39, 0.29) is 11.5 Å². The molecule has 0 aromatic rings. The molecule has 1 aliphatic heterocycles. The van der Waals surface area contributed by atoms with Crippen molar-refractivity contribution in [3.63, 3.8) is 0 Å². The zero-order valence-electron chi connectivity index (χ0n) is 13.5. The fourth-order valence-corrected chi connectivity index (χ4v) is 4.15. The zero-order chi connectivity index (χ0) is 14.4. The summed E-state index contributed by atoms with van der Waals surface area (Å²) >= 11 is 0. The topological polar surface area (TPSA) is 26.3 Å². The van der Waals surface area contributed by atoms with Crippen LogP contribution in [-0.4, -0.2) is 18.0 Å². The van der Waals surface area contributed by atoms with Crippen LogP contribution in [0.3, 0.4) is 0 Å². The summed E-state index contributed by atoms with van der Waals surface area (Å²) in [6.07, 6.45) is 12.8. The minimum atomic E-state index is 0.0693. The van der Waals surface area contributed by atoms with E-state index in [0.717, 1.165) is 32.3 Å². The van der Waals surface area contributed by atoms with Crippen LogP contribution in [0.25, 0.3) is 0 Å². The maximum absolute atomic E-state index is 12.8. The van der Waals surface area contributed by atoms with Crippen molar-refractivity contribution in [2.45, 2.75) is 90.1 Å². The Bertz CT molecular complexity index is 299. The maximum Gasteiger partial charge on any atom is 0.139 e. The molecule has 0 radical (unpaired) electrons. The molecule has 2 unspecified atom stereocenters. The van der Waals surface area contributed by atoms with Crippen molar-refractivity contribution < 1.29 is 9.53 Å². The minimum Gasteiger partial charge on any atom is -0.375 e. The molecule has 2 heteroatoms. The number of Topliss-reactive ketones (excluding diaryl/α,β-unsaturated/α-hetero) is 1. The highest BCUT2D eigenvalue weighted by Crippen LogP contribution is 2.41. The van der Waals surface area contributed by atoms with E-state index in [1.165, 1.54) is 44.9 Å². The molecule has 2 rings (SSSR count). The number of carbonyl (C=O) groups is 1. The molecule has 1 heterocycles. The van der Waals surface area contributed by atoms with Crippen molar-refractivity contribution in [3.05, 3.63) is 0 Å². The van der Waals surface area contributed by atoms with Gasteiger partial charge in [0.05, 0.1) is 5.60 Å². The first-order chi connectivity index (χ1) is 9.71. The normalized spacial score (nSPS) is 27.4. The third kappa shape index (κ3) is 3.84. The molecule has 1 aliphatic carbocycles. The standard InChI is InChI=1S/C18H32O2/c1-3-5-9-15(4-2)17(19)16-10-13-20-18(14-16)11-7-6-8-12-18/h15-16H,3-14H2,1-2H3. The van der Waals surface area contributed by atoms with Crippen LogP contribution in [-0.2, 0) is 9.53 Å². The number of rotatable bonds is 6. The average Bonchev–Trinajstić information content (AvgIpc) is 2.48. The molecule has 2 atom stereocenters. The minimum absolute atomic E-state index is 0.0693. The highest BCUT2D eigenvalue weighted by molar-refractivity contribution is 5.83. The number of hydrogen-bond acceptors (Lipinski definition) is 2. The molecule has 116 valence electrons. The Labute approximate surface area is 124 Å². The predicted molar refractivity (Wildman–Crippen MR) is 82.8 cm³/mol. The van der Waals surface area contributed by atoms with Gasteiger partial charge in [0.2, 0.25) is 0 Å². The first kappa shape index (κ1) is 16.0. The molecule has 1 saturated heterocycles. The maximum atomic E-state index is 12.8. The summed E-state index contributed by atoms with van der Waals surface area (Å²) in [4.78, 5) is 12.8. The zero-order valence-corrected chi connectivity index (χ0v) is 13.5. The van der Waals surface area contributed by atoms with Crippen molar-refractivity contribution in [2.75, 3.05) is 6.61 Å². The molecular formula is C18H32O2. The van der Waals surface area contributed by atoms with E-state index in [9.17, 15) is 4.79 Å². The highest BCUT2D eigenvalue weighted by Gasteiger charge is 2.41. The van der Waals surface area contributed by atoms with E-state index in [0.29, 0.717) is 11.7 Å². The van der Waals surface area contributed by atoms with Crippen molar-refractivity contribution in [1.82, 2.24) is 0 Å².